The number of hydrogen-bond donors (Lipinski definition) is 3. The van der Waals surface area contributed by atoms with Gasteiger partial charge in [0.1, 0.15) is 53.2 Å². The third kappa shape index (κ3) is 8.49. The zero-order valence-electron chi connectivity index (χ0n) is 33.7. The van der Waals surface area contributed by atoms with Crippen LogP contribution in [0, 0.1) is 17.6 Å². The summed E-state index contributed by atoms with van der Waals surface area (Å²) in [6, 6.07) is 20.1. The number of esters is 1. The number of aliphatic hydroxyl groups is 1. The lowest BCUT2D eigenvalue weighted by Gasteiger charge is -2.38. The molecule has 9 rings (SSSR count). The van der Waals surface area contributed by atoms with E-state index in [1.807, 2.05) is 47.4 Å². The normalized spacial score (nSPS) is 19.4. The molecule has 3 aromatic heterocycles. The fourth-order valence-corrected chi connectivity index (χ4v) is 9.72. The van der Waals surface area contributed by atoms with Gasteiger partial charge in [0.25, 0.3) is 11.5 Å². The molecule has 4 N–H and O–H groups in total. The molecule has 2 fully saturated rings. The van der Waals surface area contributed by atoms with Crippen molar-refractivity contribution in [1.29, 1.82) is 0 Å². The van der Waals surface area contributed by atoms with Crippen LogP contribution >= 0.6 is 11.3 Å². The molecule has 0 spiro atoms. The number of rotatable bonds is 11. The van der Waals surface area contributed by atoms with Crippen molar-refractivity contribution < 1.29 is 33.0 Å². The number of nitrogens with zero attached hydrogens (tertiary/aromatic N) is 7. The van der Waals surface area contributed by atoms with Gasteiger partial charge >= 0.3 is 5.97 Å². The topological polar surface area (TPSA) is 183 Å². The zero-order chi connectivity index (χ0) is 43.0. The second kappa shape index (κ2) is 17.3. The van der Waals surface area contributed by atoms with E-state index in [-0.39, 0.29) is 54.4 Å². The van der Waals surface area contributed by atoms with Crippen LogP contribution in [0.4, 0.5) is 26.0 Å². The minimum absolute atomic E-state index is 0.0389. The number of likely N-dealkylation sites (tertiary alicyclic amines) is 1. The first-order valence-corrected chi connectivity index (χ1v) is 21.5. The largest absolute Gasteiger partial charge is 0.490 e. The first-order chi connectivity index (χ1) is 30.0. The molecule has 1 amide bonds. The predicted molar refractivity (Wildman–Crippen MR) is 228 cm³/mol. The number of nitrogen functional groups attached to an aromatic ring is 1. The van der Waals surface area contributed by atoms with Crippen molar-refractivity contribution in [2.75, 3.05) is 43.4 Å². The molecule has 6 aromatic rings. The van der Waals surface area contributed by atoms with Gasteiger partial charge in [-0.1, -0.05) is 24.3 Å². The van der Waals surface area contributed by atoms with Crippen LogP contribution < -0.4 is 26.2 Å². The summed E-state index contributed by atoms with van der Waals surface area (Å²) >= 11 is 1.16. The summed E-state index contributed by atoms with van der Waals surface area (Å²) in [4.78, 5) is 53.7. The number of β-amino-alcohol motifs (C(OH)–C–C–N with tert-alkyl or cyclic N) is 1. The monoisotopic (exact) mass is 865 g/mol. The standard InChI is InChI=1S/C44H45F2N9O6S/c45-28-6-12-33(34(46)20-28)44(59,24-53-26-48-25-49-53)23-52-16-14-27(15-17-52)43(58)61-32-10-7-29(8-11-32)50-40(56)38-22-36-41(62-38)51-39(47)42(57)55(36)31-9-13-37-35(21-31)54(18-19-60-37)30-4-2-1-3-5-30/h1-6,9,12-13,20-22,25-27,29,32,59H,7-8,10-11,14-19,23-24H2,(H2,47,51)(H,50,56). The van der Waals surface area contributed by atoms with E-state index >= 15 is 0 Å². The van der Waals surface area contributed by atoms with Gasteiger partial charge in [0.15, 0.2) is 5.82 Å². The van der Waals surface area contributed by atoms with Crippen LogP contribution in [-0.2, 0) is 21.7 Å². The summed E-state index contributed by atoms with van der Waals surface area (Å²) in [5, 5.41) is 18.9. The maximum Gasteiger partial charge on any atom is 0.309 e. The number of anilines is 3. The SMILES string of the molecule is Nc1nc2sc(C(=O)NC3CCC(OC(=O)C4CCN(CC(O)(Cn5cncn5)c5ccc(F)cc5F)CC4)CC3)cc2n(-c2ccc3c(c2)N(c2ccccc2)CCO3)c1=O. The lowest BCUT2D eigenvalue weighted by Crippen LogP contribution is -2.48. The lowest BCUT2D eigenvalue weighted by atomic mass is 9.90. The molecular formula is C44H45F2N9O6S. The summed E-state index contributed by atoms with van der Waals surface area (Å²) in [6.45, 7) is 2.01. The minimum Gasteiger partial charge on any atom is -0.490 e. The number of nitrogens with one attached hydrogen (secondary N) is 1. The second-order valence-corrected chi connectivity index (χ2v) is 17.1. The number of fused-ring (bicyclic) bond motifs is 2. The molecule has 3 aliphatic rings. The Hall–Kier alpha value is -6.24. The third-order valence-corrected chi connectivity index (χ3v) is 13.0. The Labute approximate surface area is 358 Å². The van der Waals surface area contributed by atoms with E-state index < -0.39 is 22.8 Å². The number of thiophene rings is 1. The maximum atomic E-state index is 14.9. The Morgan fingerprint density at radius 2 is 1.74 bits per heavy atom. The van der Waals surface area contributed by atoms with Crippen LogP contribution in [0.1, 0.15) is 53.8 Å². The molecule has 15 nitrogen and oxygen atoms in total. The van der Waals surface area contributed by atoms with Crippen molar-refractivity contribution in [2.24, 2.45) is 5.92 Å². The molecule has 2 aliphatic heterocycles. The quantitative estimate of drug-likeness (QED) is 0.143. The Kier molecular flexibility index (Phi) is 11.4. The van der Waals surface area contributed by atoms with E-state index in [4.69, 9.17) is 15.2 Å². The highest BCUT2D eigenvalue weighted by Gasteiger charge is 2.38. The van der Waals surface area contributed by atoms with Gasteiger partial charge in [-0.15, -0.1) is 11.3 Å². The highest BCUT2D eigenvalue weighted by Crippen LogP contribution is 2.39. The fourth-order valence-electron chi connectivity index (χ4n) is 8.79. The molecule has 1 saturated carbocycles. The Morgan fingerprint density at radius 3 is 2.48 bits per heavy atom. The van der Waals surface area contributed by atoms with E-state index in [2.05, 4.69) is 25.3 Å². The van der Waals surface area contributed by atoms with Crippen molar-refractivity contribution in [3.8, 4) is 11.4 Å². The van der Waals surface area contributed by atoms with Crippen LogP contribution in [0.15, 0.2) is 90.2 Å². The average Bonchev–Trinajstić information content (AvgIpc) is 3.95. The van der Waals surface area contributed by atoms with Crippen LogP contribution in [-0.4, -0.2) is 91.1 Å². The number of amides is 1. The summed E-state index contributed by atoms with van der Waals surface area (Å²) < 4.78 is 43.5. The molecule has 1 saturated heterocycles. The Morgan fingerprint density at radius 1 is 0.952 bits per heavy atom. The maximum absolute atomic E-state index is 14.9. The molecule has 0 radical (unpaired) electrons. The minimum atomic E-state index is -1.74. The van der Waals surface area contributed by atoms with Gasteiger partial charge in [-0.25, -0.2) is 23.4 Å². The van der Waals surface area contributed by atoms with E-state index in [0.29, 0.717) is 91.4 Å². The fraction of sp³-hybridized carbons (Fsp3) is 0.364. The highest BCUT2D eigenvalue weighted by atomic mass is 32.1. The van der Waals surface area contributed by atoms with Crippen molar-refractivity contribution in [3.05, 3.63) is 118 Å². The van der Waals surface area contributed by atoms with Crippen molar-refractivity contribution >= 4 is 50.8 Å². The van der Waals surface area contributed by atoms with Crippen LogP contribution in [0.25, 0.3) is 16.0 Å². The molecule has 322 valence electrons. The number of benzene rings is 3. The van der Waals surface area contributed by atoms with E-state index in [1.165, 1.54) is 28.0 Å². The van der Waals surface area contributed by atoms with Crippen LogP contribution in [0.2, 0.25) is 0 Å². The van der Waals surface area contributed by atoms with Gasteiger partial charge in [-0.3, -0.25) is 23.9 Å². The van der Waals surface area contributed by atoms with Crippen molar-refractivity contribution in [3.63, 3.8) is 0 Å². The summed E-state index contributed by atoms with van der Waals surface area (Å²) in [6.07, 6.45) is 5.83. The van der Waals surface area contributed by atoms with E-state index in [0.717, 1.165) is 34.8 Å². The number of carbonyl (C=O) groups excluding carboxylic acids is 2. The second-order valence-electron chi connectivity index (χ2n) is 16.1. The zero-order valence-corrected chi connectivity index (χ0v) is 34.5. The molecule has 1 unspecified atom stereocenters. The van der Waals surface area contributed by atoms with E-state index in [1.54, 1.807) is 12.1 Å². The van der Waals surface area contributed by atoms with E-state index in [9.17, 15) is 28.3 Å². The molecule has 1 atom stereocenters. The number of nitrogens with two attached hydrogens (primary N) is 1. The first-order valence-electron chi connectivity index (χ1n) is 20.7. The van der Waals surface area contributed by atoms with Gasteiger partial charge in [0, 0.05) is 29.9 Å². The molecule has 3 aromatic carbocycles. The summed E-state index contributed by atoms with van der Waals surface area (Å²) in [5.74, 6) is -1.98. The lowest BCUT2D eigenvalue weighted by molar-refractivity contribution is -0.157. The predicted octanol–water partition coefficient (Wildman–Crippen LogP) is 5.31. The number of aromatic nitrogens is 5. The van der Waals surface area contributed by atoms with Crippen molar-refractivity contribution in [2.45, 2.75) is 62.8 Å². The Bertz CT molecular complexity index is 2650. The molecule has 18 heteroatoms. The molecule has 5 heterocycles. The molecule has 0 bridgehead atoms. The Balaban J connectivity index is 0.799. The summed E-state index contributed by atoms with van der Waals surface area (Å²) in [7, 11) is 0. The van der Waals surface area contributed by atoms with Gasteiger partial charge in [0.2, 0.25) is 0 Å². The van der Waals surface area contributed by atoms with Gasteiger partial charge in [-0.2, -0.15) is 5.10 Å². The number of hydrogen-bond acceptors (Lipinski definition) is 13. The summed E-state index contributed by atoms with van der Waals surface area (Å²) in [5.41, 5.74) is 6.69. The number of halogens is 2. The number of piperidine rings is 1. The molecule has 62 heavy (non-hydrogen) atoms. The number of para-hydroxylation sites is 1. The average molecular weight is 866 g/mol. The smallest absolute Gasteiger partial charge is 0.309 e. The number of carbonyl (C=O) groups is 2. The molecular weight excluding hydrogens is 821 g/mol. The van der Waals surface area contributed by atoms with Crippen molar-refractivity contribution in [1.82, 2.24) is 34.5 Å². The molecule has 1 aliphatic carbocycles. The highest BCUT2D eigenvalue weighted by molar-refractivity contribution is 7.20. The van der Waals surface area contributed by atoms with Crippen LogP contribution in [0.3, 0.4) is 0 Å². The van der Waals surface area contributed by atoms with Crippen LogP contribution in [0.5, 0.6) is 5.75 Å². The van der Waals surface area contributed by atoms with Gasteiger partial charge in [-0.05, 0) is 94.1 Å². The first kappa shape index (κ1) is 41.1. The van der Waals surface area contributed by atoms with Gasteiger partial charge < -0.3 is 30.5 Å². The number of ether oxygens (including phenoxy) is 2. The third-order valence-electron chi connectivity index (χ3n) is 12.0. The van der Waals surface area contributed by atoms with Gasteiger partial charge in [0.05, 0.1) is 40.8 Å².